The molecule has 0 aliphatic carbocycles. The van der Waals surface area contributed by atoms with E-state index in [2.05, 4.69) is 12.1 Å². The van der Waals surface area contributed by atoms with Crippen LogP contribution >= 0.6 is 11.8 Å². The predicted molar refractivity (Wildman–Crippen MR) is 74.6 cm³/mol. The molecule has 1 aliphatic heterocycles. The normalized spacial score (nSPS) is 21.8. The van der Waals surface area contributed by atoms with Gasteiger partial charge in [-0.15, -0.1) is 0 Å². The molecule has 2 N–H and O–H groups in total. The van der Waals surface area contributed by atoms with Crippen molar-refractivity contribution in [2.75, 3.05) is 11.5 Å². The minimum absolute atomic E-state index is 0.153. The van der Waals surface area contributed by atoms with Crippen LogP contribution in [0.2, 0.25) is 0 Å². The van der Waals surface area contributed by atoms with Crippen LogP contribution in [0.1, 0.15) is 31.9 Å². The van der Waals surface area contributed by atoms with E-state index in [9.17, 15) is 0 Å². The Morgan fingerprint density at radius 2 is 2.24 bits per heavy atom. The zero-order valence-electron chi connectivity index (χ0n) is 10.6. The van der Waals surface area contributed by atoms with Crippen molar-refractivity contribution in [1.82, 2.24) is 0 Å². The van der Waals surface area contributed by atoms with Crippen LogP contribution in [0.4, 0.5) is 0 Å². The fourth-order valence-electron chi connectivity index (χ4n) is 2.18. The standard InChI is InChI=1S/C14H21NOS/c1-10(2)16-13-5-3-4-11(8-13)14(15)12-6-7-17-9-12/h3-5,8,10,12,14H,6-7,9,15H2,1-2H3. The first-order chi connectivity index (χ1) is 8.16. The first-order valence-electron chi connectivity index (χ1n) is 6.27. The number of thioether (sulfide) groups is 1. The Kier molecular flexibility index (Phi) is 4.35. The van der Waals surface area contributed by atoms with E-state index in [-0.39, 0.29) is 12.1 Å². The van der Waals surface area contributed by atoms with E-state index in [1.807, 2.05) is 37.7 Å². The van der Waals surface area contributed by atoms with E-state index >= 15 is 0 Å². The van der Waals surface area contributed by atoms with Gasteiger partial charge in [0.1, 0.15) is 5.75 Å². The summed E-state index contributed by atoms with van der Waals surface area (Å²) in [6, 6.07) is 8.39. The summed E-state index contributed by atoms with van der Waals surface area (Å²) in [6.45, 7) is 4.08. The van der Waals surface area contributed by atoms with Crippen LogP contribution in [0, 0.1) is 5.92 Å². The molecule has 0 bridgehead atoms. The summed E-state index contributed by atoms with van der Waals surface area (Å²) in [4.78, 5) is 0. The summed E-state index contributed by atoms with van der Waals surface area (Å²) in [7, 11) is 0. The molecular weight excluding hydrogens is 230 g/mol. The Morgan fingerprint density at radius 3 is 2.88 bits per heavy atom. The Hall–Kier alpha value is -0.670. The molecule has 1 aromatic rings. The van der Waals surface area contributed by atoms with Gasteiger partial charge in [-0.1, -0.05) is 12.1 Å². The van der Waals surface area contributed by atoms with Crippen molar-refractivity contribution >= 4 is 11.8 Å². The van der Waals surface area contributed by atoms with Crippen molar-refractivity contribution in [2.45, 2.75) is 32.4 Å². The molecule has 17 heavy (non-hydrogen) atoms. The van der Waals surface area contributed by atoms with Crippen molar-refractivity contribution in [1.29, 1.82) is 0 Å². The summed E-state index contributed by atoms with van der Waals surface area (Å²) in [5.41, 5.74) is 7.54. The van der Waals surface area contributed by atoms with Gasteiger partial charge >= 0.3 is 0 Å². The van der Waals surface area contributed by atoms with E-state index in [1.54, 1.807) is 0 Å². The molecule has 3 heteroatoms. The quantitative estimate of drug-likeness (QED) is 0.892. The van der Waals surface area contributed by atoms with Crippen LogP contribution in [-0.2, 0) is 0 Å². The SMILES string of the molecule is CC(C)Oc1cccc(C(N)C2CCSC2)c1. The van der Waals surface area contributed by atoms with Gasteiger partial charge in [0.05, 0.1) is 6.10 Å². The minimum atomic E-state index is 0.153. The van der Waals surface area contributed by atoms with Crippen LogP contribution in [0.25, 0.3) is 0 Å². The maximum Gasteiger partial charge on any atom is 0.120 e. The number of ether oxygens (including phenoxy) is 1. The van der Waals surface area contributed by atoms with Gasteiger partial charge in [0.25, 0.3) is 0 Å². The van der Waals surface area contributed by atoms with Crippen LogP contribution in [0.15, 0.2) is 24.3 Å². The van der Waals surface area contributed by atoms with E-state index in [4.69, 9.17) is 10.5 Å². The topological polar surface area (TPSA) is 35.2 Å². The lowest BCUT2D eigenvalue weighted by molar-refractivity contribution is 0.242. The number of hydrogen-bond donors (Lipinski definition) is 1. The Labute approximate surface area is 108 Å². The first-order valence-corrected chi connectivity index (χ1v) is 7.42. The van der Waals surface area contributed by atoms with Crippen molar-refractivity contribution in [3.05, 3.63) is 29.8 Å². The highest BCUT2D eigenvalue weighted by molar-refractivity contribution is 7.99. The molecule has 0 amide bonds. The van der Waals surface area contributed by atoms with Crippen LogP contribution in [0.3, 0.4) is 0 Å². The molecule has 1 heterocycles. The molecule has 1 saturated heterocycles. The molecule has 94 valence electrons. The highest BCUT2D eigenvalue weighted by atomic mass is 32.2. The number of nitrogens with two attached hydrogens (primary N) is 1. The molecule has 2 unspecified atom stereocenters. The second-order valence-corrected chi connectivity index (χ2v) is 6.04. The third-order valence-electron chi connectivity index (χ3n) is 3.09. The fraction of sp³-hybridized carbons (Fsp3) is 0.571. The zero-order chi connectivity index (χ0) is 12.3. The molecule has 0 spiro atoms. The van der Waals surface area contributed by atoms with Gasteiger partial charge in [0.2, 0.25) is 0 Å². The lowest BCUT2D eigenvalue weighted by Crippen LogP contribution is -2.21. The lowest BCUT2D eigenvalue weighted by atomic mass is 9.93. The largest absolute Gasteiger partial charge is 0.491 e. The third kappa shape index (κ3) is 3.39. The molecule has 2 rings (SSSR count). The molecule has 2 atom stereocenters. The van der Waals surface area contributed by atoms with Crippen molar-refractivity contribution < 1.29 is 4.74 Å². The van der Waals surface area contributed by atoms with Crippen molar-refractivity contribution in [3.8, 4) is 5.75 Å². The van der Waals surface area contributed by atoms with E-state index < -0.39 is 0 Å². The van der Waals surface area contributed by atoms with Crippen molar-refractivity contribution in [2.24, 2.45) is 11.7 Å². The lowest BCUT2D eigenvalue weighted by Gasteiger charge is -2.19. The first kappa shape index (κ1) is 12.8. The second-order valence-electron chi connectivity index (χ2n) is 4.89. The summed E-state index contributed by atoms with van der Waals surface area (Å²) < 4.78 is 5.71. The van der Waals surface area contributed by atoms with Gasteiger partial charge in [0, 0.05) is 6.04 Å². The second kappa shape index (κ2) is 5.78. The average molecular weight is 251 g/mol. The maximum absolute atomic E-state index is 6.33. The van der Waals surface area contributed by atoms with E-state index in [1.165, 1.54) is 23.5 Å². The van der Waals surface area contributed by atoms with Gasteiger partial charge < -0.3 is 10.5 Å². The van der Waals surface area contributed by atoms with Gasteiger partial charge in [-0.25, -0.2) is 0 Å². The fourth-order valence-corrected chi connectivity index (χ4v) is 3.49. The summed E-state index contributed by atoms with van der Waals surface area (Å²) >= 11 is 2.01. The van der Waals surface area contributed by atoms with Gasteiger partial charge in [-0.05, 0) is 55.4 Å². The Bertz CT molecular complexity index is 361. The van der Waals surface area contributed by atoms with Crippen LogP contribution < -0.4 is 10.5 Å². The third-order valence-corrected chi connectivity index (χ3v) is 4.28. The molecule has 1 fully saturated rings. The maximum atomic E-state index is 6.33. The molecule has 1 aliphatic rings. The van der Waals surface area contributed by atoms with Gasteiger partial charge in [-0.3, -0.25) is 0 Å². The Balaban J connectivity index is 2.09. The molecular formula is C14H21NOS. The number of rotatable bonds is 4. The van der Waals surface area contributed by atoms with Crippen LogP contribution in [-0.4, -0.2) is 17.6 Å². The number of hydrogen-bond acceptors (Lipinski definition) is 3. The molecule has 1 aromatic carbocycles. The highest BCUT2D eigenvalue weighted by Gasteiger charge is 2.23. The van der Waals surface area contributed by atoms with Crippen LogP contribution in [0.5, 0.6) is 5.75 Å². The summed E-state index contributed by atoms with van der Waals surface area (Å²) in [6.07, 6.45) is 1.45. The van der Waals surface area contributed by atoms with Gasteiger partial charge in [-0.2, -0.15) is 11.8 Å². The van der Waals surface area contributed by atoms with Crippen molar-refractivity contribution in [3.63, 3.8) is 0 Å². The molecule has 0 aromatic heterocycles. The number of benzene rings is 1. The molecule has 0 saturated carbocycles. The van der Waals surface area contributed by atoms with E-state index in [0.717, 1.165) is 5.75 Å². The molecule has 0 radical (unpaired) electrons. The zero-order valence-corrected chi connectivity index (χ0v) is 11.4. The highest BCUT2D eigenvalue weighted by Crippen LogP contribution is 2.33. The predicted octanol–water partition coefficient (Wildman–Crippen LogP) is 3.23. The summed E-state index contributed by atoms with van der Waals surface area (Å²) in [5.74, 6) is 3.99. The average Bonchev–Trinajstić information content (AvgIpc) is 2.81. The molecule has 2 nitrogen and oxygen atoms in total. The monoisotopic (exact) mass is 251 g/mol. The Morgan fingerprint density at radius 1 is 1.41 bits per heavy atom. The minimum Gasteiger partial charge on any atom is -0.491 e. The van der Waals surface area contributed by atoms with Gasteiger partial charge in [0.15, 0.2) is 0 Å². The van der Waals surface area contributed by atoms with E-state index in [0.29, 0.717) is 5.92 Å². The summed E-state index contributed by atoms with van der Waals surface area (Å²) in [5, 5.41) is 0. The smallest absolute Gasteiger partial charge is 0.120 e.